The summed E-state index contributed by atoms with van der Waals surface area (Å²) >= 11 is 0. The Labute approximate surface area is 191 Å². The Morgan fingerprint density at radius 2 is 1.91 bits per heavy atom. The topological polar surface area (TPSA) is 105 Å². The number of nitrogens with zero attached hydrogens (tertiary/aromatic N) is 4. The fourth-order valence-electron chi connectivity index (χ4n) is 5.65. The second-order valence-electron chi connectivity index (χ2n) is 9.38. The predicted octanol–water partition coefficient (Wildman–Crippen LogP) is 1.16. The zero-order valence-electron chi connectivity index (χ0n) is 18.2. The highest BCUT2D eigenvalue weighted by Crippen LogP contribution is 2.49. The summed E-state index contributed by atoms with van der Waals surface area (Å²) in [7, 11) is 0. The van der Waals surface area contributed by atoms with Crippen LogP contribution in [-0.2, 0) is 28.1 Å². The van der Waals surface area contributed by atoms with E-state index in [2.05, 4.69) is 20.2 Å². The molecule has 33 heavy (non-hydrogen) atoms. The van der Waals surface area contributed by atoms with Crippen molar-refractivity contribution in [1.29, 1.82) is 0 Å². The number of carbonyl (C=O) groups is 3. The second-order valence-corrected chi connectivity index (χ2v) is 9.38. The maximum Gasteiger partial charge on any atom is 0.255 e. The number of benzene rings is 1. The van der Waals surface area contributed by atoms with Crippen molar-refractivity contribution in [3.63, 3.8) is 0 Å². The van der Waals surface area contributed by atoms with Gasteiger partial charge in [0.05, 0.1) is 19.7 Å². The molecule has 9 nitrogen and oxygen atoms in total. The van der Waals surface area contributed by atoms with E-state index in [1.807, 2.05) is 18.2 Å². The highest BCUT2D eigenvalue weighted by atomic mass is 16.5. The lowest BCUT2D eigenvalue weighted by Gasteiger charge is -2.38. The first-order valence-electron chi connectivity index (χ1n) is 11.5. The van der Waals surface area contributed by atoms with Crippen molar-refractivity contribution in [2.75, 3.05) is 19.7 Å². The fraction of sp³-hybridized carbons (Fsp3) is 0.458. The molecule has 9 heteroatoms. The summed E-state index contributed by atoms with van der Waals surface area (Å²) in [5.74, 6) is 0.814. The maximum absolute atomic E-state index is 13.1. The Balaban J connectivity index is 1.21. The molecule has 170 valence electrons. The zero-order valence-corrected chi connectivity index (χ0v) is 18.2. The molecule has 0 radical (unpaired) electrons. The van der Waals surface area contributed by atoms with Crippen LogP contribution in [0.3, 0.4) is 0 Å². The standard InChI is InChI=1S/C24H25N5O4/c30-20-5-4-18(22(31)27-20)29-12-16-15(23(29)32)2-3-17-21(16)33-14-24(17)6-10-28(11-7-24)13-19-25-8-1-9-26-19/h1-3,8-9,18H,4-7,10-14H2,(H,27,30,31). The second kappa shape index (κ2) is 7.62. The van der Waals surface area contributed by atoms with Crippen LogP contribution in [-0.4, -0.2) is 63.2 Å². The van der Waals surface area contributed by atoms with Gasteiger partial charge in [-0.25, -0.2) is 9.97 Å². The molecular weight excluding hydrogens is 422 g/mol. The number of hydrogen-bond donors (Lipinski definition) is 1. The van der Waals surface area contributed by atoms with Gasteiger partial charge in [0.25, 0.3) is 5.91 Å². The molecule has 1 spiro atoms. The van der Waals surface area contributed by atoms with Gasteiger partial charge in [0.1, 0.15) is 17.6 Å². The summed E-state index contributed by atoms with van der Waals surface area (Å²) in [4.78, 5) is 49.6. The van der Waals surface area contributed by atoms with Crippen molar-refractivity contribution in [1.82, 2.24) is 25.1 Å². The van der Waals surface area contributed by atoms with E-state index in [4.69, 9.17) is 4.74 Å². The number of aromatic nitrogens is 2. The van der Waals surface area contributed by atoms with E-state index in [0.717, 1.165) is 49.6 Å². The monoisotopic (exact) mass is 447 g/mol. The Bertz CT molecular complexity index is 1140. The van der Waals surface area contributed by atoms with Crippen molar-refractivity contribution in [3.05, 3.63) is 53.1 Å². The number of ether oxygens (including phenoxy) is 1. The third kappa shape index (κ3) is 3.30. The number of rotatable bonds is 3. The van der Waals surface area contributed by atoms with Crippen LogP contribution >= 0.6 is 0 Å². The van der Waals surface area contributed by atoms with E-state index in [0.29, 0.717) is 25.1 Å². The van der Waals surface area contributed by atoms with Gasteiger partial charge >= 0.3 is 0 Å². The first-order chi connectivity index (χ1) is 16.0. The van der Waals surface area contributed by atoms with Gasteiger partial charge in [-0.2, -0.15) is 0 Å². The minimum Gasteiger partial charge on any atom is -0.492 e. The summed E-state index contributed by atoms with van der Waals surface area (Å²) in [5, 5.41) is 2.36. The van der Waals surface area contributed by atoms with Crippen LogP contribution in [0.4, 0.5) is 0 Å². The van der Waals surface area contributed by atoms with Crippen LogP contribution in [0.5, 0.6) is 5.75 Å². The minimum atomic E-state index is -0.614. The van der Waals surface area contributed by atoms with E-state index < -0.39 is 11.9 Å². The van der Waals surface area contributed by atoms with Gasteiger partial charge in [-0.1, -0.05) is 6.07 Å². The molecule has 2 fully saturated rings. The summed E-state index contributed by atoms with van der Waals surface area (Å²) in [6.45, 7) is 3.56. The summed E-state index contributed by atoms with van der Waals surface area (Å²) in [5.41, 5.74) is 2.60. The molecule has 6 rings (SSSR count). The lowest BCUT2D eigenvalue weighted by atomic mass is 9.74. The molecule has 1 atom stereocenters. The third-order valence-electron chi connectivity index (χ3n) is 7.53. The van der Waals surface area contributed by atoms with Crippen LogP contribution in [0.25, 0.3) is 0 Å². The lowest BCUT2D eigenvalue weighted by Crippen LogP contribution is -2.52. The highest BCUT2D eigenvalue weighted by molar-refractivity contribution is 6.05. The number of nitrogens with one attached hydrogen (secondary N) is 1. The first kappa shape index (κ1) is 20.3. The Morgan fingerprint density at radius 1 is 1.12 bits per heavy atom. The van der Waals surface area contributed by atoms with Crippen molar-refractivity contribution < 1.29 is 19.1 Å². The van der Waals surface area contributed by atoms with Gasteiger partial charge in [0.2, 0.25) is 11.8 Å². The molecule has 3 amide bonds. The number of carbonyl (C=O) groups excluding carboxylic acids is 3. The van der Waals surface area contributed by atoms with Crippen molar-refractivity contribution in [3.8, 4) is 5.75 Å². The third-order valence-corrected chi connectivity index (χ3v) is 7.53. The van der Waals surface area contributed by atoms with Crippen molar-refractivity contribution in [2.24, 2.45) is 0 Å². The molecular formula is C24H25N5O4. The summed E-state index contributed by atoms with van der Waals surface area (Å²) < 4.78 is 6.24. The number of likely N-dealkylation sites (tertiary alicyclic amines) is 1. The highest BCUT2D eigenvalue weighted by Gasteiger charge is 2.47. The number of amides is 3. The molecule has 2 aromatic rings. The van der Waals surface area contributed by atoms with Crippen molar-refractivity contribution in [2.45, 2.75) is 50.2 Å². The van der Waals surface area contributed by atoms with Gasteiger partial charge in [-0.3, -0.25) is 24.6 Å². The lowest BCUT2D eigenvalue weighted by molar-refractivity contribution is -0.136. The van der Waals surface area contributed by atoms with Crippen LogP contribution in [0.15, 0.2) is 30.6 Å². The predicted molar refractivity (Wildman–Crippen MR) is 116 cm³/mol. The molecule has 2 saturated heterocycles. The Hall–Kier alpha value is -3.33. The molecule has 4 aliphatic rings. The summed E-state index contributed by atoms with van der Waals surface area (Å²) in [6, 6.07) is 5.15. The molecule has 1 unspecified atom stereocenters. The molecule has 0 aliphatic carbocycles. The quantitative estimate of drug-likeness (QED) is 0.704. The average molecular weight is 447 g/mol. The molecule has 0 saturated carbocycles. The summed E-state index contributed by atoms with van der Waals surface area (Å²) in [6.07, 6.45) is 6.09. The van der Waals surface area contributed by atoms with E-state index in [1.54, 1.807) is 17.3 Å². The first-order valence-corrected chi connectivity index (χ1v) is 11.5. The normalized spacial score (nSPS) is 23.9. The average Bonchev–Trinajstić information content (AvgIpc) is 3.35. The zero-order chi connectivity index (χ0) is 22.6. The molecule has 1 aromatic heterocycles. The van der Waals surface area contributed by atoms with E-state index in [-0.39, 0.29) is 23.7 Å². The molecule has 1 aromatic carbocycles. The maximum atomic E-state index is 13.1. The fourth-order valence-corrected chi connectivity index (χ4v) is 5.65. The van der Waals surface area contributed by atoms with Gasteiger partial charge in [0, 0.05) is 40.9 Å². The number of fused-ring (bicyclic) bond motifs is 4. The van der Waals surface area contributed by atoms with Crippen LogP contribution in [0.2, 0.25) is 0 Å². The minimum absolute atomic E-state index is 0.0521. The van der Waals surface area contributed by atoms with Crippen LogP contribution < -0.4 is 10.1 Å². The number of piperidine rings is 2. The SMILES string of the molecule is O=C1CCC(N2Cc3c(ccc4c3OCC43CCN(Cc4ncccn4)CC3)C2=O)C(=O)N1. The van der Waals surface area contributed by atoms with E-state index in [1.165, 1.54) is 5.56 Å². The number of hydrogen-bond acceptors (Lipinski definition) is 7. The molecule has 4 aliphatic heterocycles. The molecule has 0 bridgehead atoms. The van der Waals surface area contributed by atoms with E-state index >= 15 is 0 Å². The Morgan fingerprint density at radius 3 is 2.67 bits per heavy atom. The molecule has 5 heterocycles. The molecule has 1 N–H and O–H groups in total. The van der Waals surface area contributed by atoms with Crippen LogP contribution in [0.1, 0.15) is 53.0 Å². The smallest absolute Gasteiger partial charge is 0.255 e. The van der Waals surface area contributed by atoms with Gasteiger partial charge < -0.3 is 9.64 Å². The van der Waals surface area contributed by atoms with Gasteiger partial charge in [0.15, 0.2) is 0 Å². The number of imide groups is 1. The Kier molecular flexibility index (Phi) is 4.69. The van der Waals surface area contributed by atoms with E-state index in [9.17, 15) is 14.4 Å². The van der Waals surface area contributed by atoms with Crippen molar-refractivity contribution >= 4 is 17.7 Å². The van der Waals surface area contributed by atoms with Gasteiger partial charge in [-0.05, 0) is 44.5 Å². The van der Waals surface area contributed by atoms with Crippen LogP contribution in [0, 0.1) is 0 Å². The van der Waals surface area contributed by atoms with Gasteiger partial charge in [-0.15, -0.1) is 0 Å². The largest absolute Gasteiger partial charge is 0.492 e.